The van der Waals surface area contributed by atoms with Gasteiger partial charge in [0.25, 0.3) is 0 Å². The minimum Gasteiger partial charge on any atom is -0.308 e. The van der Waals surface area contributed by atoms with Gasteiger partial charge in [0.2, 0.25) is 0 Å². The van der Waals surface area contributed by atoms with Gasteiger partial charge < -0.3 is 10.2 Å². The minimum atomic E-state index is 0.145. The number of nitriles is 1. The zero-order chi connectivity index (χ0) is 12.5. The molecule has 0 aliphatic carbocycles. The number of hydrogen-bond donors (Lipinski definition) is 1. The molecule has 0 saturated carbocycles. The highest BCUT2D eigenvalue weighted by atomic mass is 15.1. The van der Waals surface area contributed by atoms with Crippen molar-refractivity contribution in [1.29, 1.82) is 5.26 Å². The van der Waals surface area contributed by atoms with E-state index in [1.54, 1.807) is 0 Å². The van der Waals surface area contributed by atoms with Crippen LogP contribution in [0.2, 0.25) is 0 Å². The lowest BCUT2D eigenvalue weighted by molar-refractivity contribution is 0.340. The molecule has 1 N–H and O–H groups in total. The predicted molar refractivity (Wildman–Crippen MR) is 70.6 cm³/mol. The molecule has 0 amide bonds. The van der Waals surface area contributed by atoms with Gasteiger partial charge in [0.15, 0.2) is 0 Å². The van der Waals surface area contributed by atoms with Crippen molar-refractivity contribution in [1.82, 2.24) is 10.2 Å². The van der Waals surface area contributed by atoms with Gasteiger partial charge in [-0.2, -0.15) is 5.26 Å². The monoisotopic (exact) mass is 231 g/mol. The van der Waals surface area contributed by atoms with Crippen molar-refractivity contribution >= 4 is 0 Å². The normalized spacial score (nSPS) is 12.4. The summed E-state index contributed by atoms with van der Waals surface area (Å²) in [6, 6.07) is 12.5. The van der Waals surface area contributed by atoms with Gasteiger partial charge in [-0.25, -0.2) is 0 Å². The van der Waals surface area contributed by atoms with E-state index in [-0.39, 0.29) is 6.04 Å². The number of nitrogens with zero attached hydrogens (tertiary/aromatic N) is 2. The Morgan fingerprint density at radius 3 is 2.65 bits per heavy atom. The third kappa shape index (κ3) is 4.99. The van der Waals surface area contributed by atoms with Crippen LogP contribution < -0.4 is 5.32 Å². The van der Waals surface area contributed by atoms with Gasteiger partial charge in [-0.1, -0.05) is 37.3 Å². The summed E-state index contributed by atoms with van der Waals surface area (Å²) in [5.74, 6) is 0. The lowest BCUT2D eigenvalue weighted by atomic mass is 10.0. The lowest BCUT2D eigenvalue weighted by Crippen LogP contribution is -2.31. The first-order valence-electron chi connectivity index (χ1n) is 6.11. The second-order valence-corrected chi connectivity index (χ2v) is 4.18. The molecule has 0 heterocycles. The molecule has 1 atom stereocenters. The van der Waals surface area contributed by atoms with Gasteiger partial charge in [0, 0.05) is 19.1 Å². The van der Waals surface area contributed by atoms with Crippen molar-refractivity contribution in [3.8, 4) is 6.07 Å². The van der Waals surface area contributed by atoms with Crippen LogP contribution >= 0.6 is 0 Å². The van der Waals surface area contributed by atoms with Gasteiger partial charge in [-0.05, 0) is 19.2 Å². The molecule has 0 bridgehead atoms. The molecule has 92 valence electrons. The van der Waals surface area contributed by atoms with Crippen molar-refractivity contribution in [3.05, 3.63) is 35.9 Å². The van der Waals surface area contributed by atoms with E-state index in [1.165, 1.54) is 5.56 Å². The quantitative estimate of drug-likeness (QED) is 0.781. The van der Waals surface area contributed by atoms with E-state index in [0.717, 1.165) is 19.6 Å². The molecule has 0 radical (unpaired) electrons. The fourth-order valence-electron chi connectivity index (χ4n) is 1.67. The highest BCUT2D eigenvalue weighted by Gasteiger charge is 2.09. The lowest BCUT2D eigenvalue weighted by Gasteiger charge is -2.19. The Hall–Kier alpha value is -1.37. The summed E-state index contributed by atoms with van der Waals surface area (Å²) in [7, 11) is 2.10. The molecule has 1 aromatic rings. The Morgan fingerprint density at radius 2 is 2.06 bits per heavy atom. The molecule has 3 heteroatoms. The number of benzene rings is 1. The molecule has 0 aliphatic heterocycles. The fraction of sp³-hybridized carbons (Fsp3) is 0.500. The maximum Gasteiger partial charge on any atom is 0.0641 e. The maximum absolute atomic E-state index is 8.85. The van der Waals surface area contributed by atoms with Crippen LogP contribution in [-0.2, 0) is 0 Å². The van der Waals surface area contributed by atoms with E-state index in [1.807, 2.05) is 18.2 Å². The van der Waals surface area contributed by atoms with E-state index < -0.39 is 0 Å². The predicted octanol–water partition coefficient (Wildman–Crippen LogP) is 2.18. The van der Waals surface area contributed by atoms with Crippen LogP contribution in [0.1, 0.15) is 24.9 Å². The van der Waals surface area contributed by atoms with Crippen LogP contribution in [0.4, 0.5) is 0 Å². The van der Waals surface area contributed by atoms with Gasteiger partial charge in [-0.3, -0.25) is 0 Å². The molecule has 17 heavy (non-hydrogen) atoms. The smallest absolute Gasteiger partial charge is 0.0641 e. The van der Waals surface area contributed by atoms with Crippen molar-refractivity contribution in [3.63, 3.8) is 0 Å². The highest BCUT2D eigenvalue weighted by molar-refractivity contribution is 5.19. The first kappa shape index (κ1) is 13.7. The topological polar surface area (TPSA) is 39.1 Å². The Balaban J connectivity index is 2.48. The van der Waals surface area contributed by atoms with E-state index in [0.29, 0.717) is 6.42 Å². The second-order valence-electron chi connectivity index (χ2n) is 4.18. The zero-order valence-corrected chi connectivity index (χ0v) is 10.7. The first-order chi connectivity index (χ1) is 8.27. The highest BCUT2D eigenvalue weighted by Crippen LogP contribution is 2.15. The fourth-order valence-corrected chi connectivity index (χ4v) is 1.67. The van der Waals surface area contributed by atoms with Crippen LogP contribution in [0, 0.1) is 11.3 Å². The Morgan fingerprint density at radius 1 is 1.35 bits per heavy atom. The summed E-state index contributed by atoms with van der Waals surface area (Å²) >= 11 is 0. The molecular weight excluding hydrogens is 210 g/mol. The molecule has 3 nitrogen and oxygen atoms in total. The Labute approximate surface area is 104 Å². The van der Waals surface area contributed by atoms with Crippen molar-refractivity contribution < 1.29 is 0 Å². The largest absolute Gasteiger partial charge is 0.308 e. The Kier molecular flexibility index (Phi) is 6.31. The van der Waals surface area contributed by atoms with Gasteiger partial charge in [-0.15, -0.1) is 0 Å². The van der Waals surface area contributed by atoms with Gasteiger partial charge in [0.1, 0.15) is 0 Å². The minimum absolute atomic E-state index is 0.145. The molecule has 0 aromatic heterocycles. The summed E-state index contributed by atoms with van der Waals surface area (Å²) in [5, 5.41) is 12.3. The van der Waals surface area contributed by atoms with Crippen molar-refractivity contribution in [2.24, 2.45) is 0 Å². The Bertz CT molecular complexity index is 342. The zero-order valence-electron chi connectivity index (χ0n) is 10.7. The molecule has 1 aromatic carbocycles. The van der Waals surface area contributed by atoms with E-state index in [2.05, 4.69) is 42.4 Å². The summed E-state index contributed by atoms with van der Waals surface area (Å²) in [4.78, 5) is 2.25. The van der Waals surface area contributed by atoms with Crippen LogP contribution in [0.25, 0.3) is 0 Å². The van der Waals surface area contributed by atoms with Crippen LogP contribution in [0.15, 0.2) is 30.3 Å². The second kappa shape index (κ2) is 7.83. The molecule has 0 aliphatic rings. The number of nitrogens with one attached hydrogen (secondary N) is 1. The van der Waals surface area contributed by atoms with E-state index >= 15 is 0 Å². The maximum atomic E-state index is 8.85. The molecule has 1 rings (SSSR count). The van der Waals surface area contributed by atoms with Crippen LogP contribution in [0.3, 0.4) is 0 Å². The standard InChI is InChI=1S/C14H21N3/c1-3-17(2)12-11-16-14(9-10-15)13-7-5-4-6-8-13/h4-8,14,16H,3,9,11-12H2,1-2H3. The van der Waals surface area contributed by atoms with Gasteiger partial charge >= 0.3 is 0 Å². The average molecular weight is 231 g/mol. The summed E-state index contributed by atoms with van der Waals surface area (Å²) in [6.45, 7) is 5.11. The number of likely N-dealkylation sites (N-methyl/N-ethyl adjacent to an activating group) is 1. The van der Waals surface area contributed by atoms with Crippen LogP contribution in [0.5, 0.6) is 0 Å². The first-order valence-corrected chi connectivity index (χ1v) is 6.11. The number of rotatable bonds is 7. The average Bonchev–Trinajstić information content (AvgIpc) is 2.38. The van der Waals surface area contributed by atoms with E-state index in [4.69, 9.17) is 5.26 Å². The van der Waals surface area contributed by atoms with Crippen LogP contribution in [-0.4, -0.2) is 31.6 Å². The van der Waals surface area contributed by atoms with E-state index in [9.17, 15) is 0 Å². The molecule has 0 fully saturated rings. The summed E-state index contributed by atoms with van der Waals surface area (Å²) in [6.07, 6.45) is 0.514. The third-order valence-electron chi connectivity index (χ3n) is 2.92. The molecule has 1 unspecified atom stereocenters. The SMILES string of the molecule is CCN(C)CCNC(CC#N)c1ccccc1. The molecule has 0 saturated heterocycles. The third-order valence-corrected chi connectivity index (χ3v) is 2.92. The van der Waals surface area contributed by atoms with Crippen molar-refractivity contribution in [2.75, 3.05) is 26.7 Å². The molecule has 0 spiro atoms. The van der Waals surface area contributed by atoms with Gasteiger partial charge in [0.05, 0.1) is 12.5 Å². The molecular formula is C14H21N3. The summed E-state index contributed by atoms with van der Waals surface area (Å²) in [5.41, 5.74) is 1.19. The van der Waals surface area contributed by atoms with Crippen molar-refractivity contribution in [2.45, 2.75) is 19.4 Å². The number of hydrogen-bond acceptors (Lipinski definition) is 3. The summed E-state index contributed by atoms with van der Waals surface area (Å²) < 4.78 is 0.